The largest absolute Gasteiger partial charge is 0.497 e. The number of unbranched alkanes of at least 4 members (excludes halogenated alkanes) is 1. The standard InChI is InChI=1S/C19H27N3O4/c1-4-5-10-26-11-6-9-21-19(23)15(13-20)14-22-17-8-7-16(24-2)12-18(17)25-3/h7-8,12,14,22H,4-6,9-11H2,1-3H3,(H,21,23)/b15-14-. The summed E-state index contributed by atoms with van der Waals surface area (Å²) < 4.78 is 15.8. The smallest absolute Gasteiger partial charge is 0.263 e. The highest BCUT2D eigenvalue weighted by atomic mass is 16.5. The molecule has 1 rings (SSSR count). The molecule has 0 saturated heterocycles. The van der Waals surface area contributed by atoms with E-state index in [1.165, 1.54) is 13.3 Å². The number of carbonyl (C=O) groups is 1. The van der Waals surface area contributed by atoms with Crippen molar-refractivity contribution in [2.24, 2.45) is 0 Å². The molecule has 0 aliphatic carbocycles. The molecule has 7 heteroatoms. The Morgan fingerprint density at radius 2 is 2.00 bits per heavy atom. The number of rotatable bonds is 12. The average molecular weight is 361 g/mol. The second-order valence-corrected chi connectivity index (χ2v) is 5.46. The average Bonchev–Trinajstić information content (AvgIpc) is 2.67. The first-order valence-electron chi connectivity index (χ1n) is 8.61. The second-order valence-electron chi connectivity index (χ2n) is 5.46. The fourth-order valence-corrected chi connectivity index (χ4v) is 2.04. The molecule has 0 fully saturated rings. The van der Waals surface area contributed by atoms with E-state index in [9.17, 15) is 10.1 Å². The van der Waals surface area contributed by atoms with Crippen LogP contribution in [0, 0.1) is 11.3 Å². The third kappa shape index (κ3) is 7.45. The Morgan fingerprint density at radius 3 is 2.65 bits per heavy atom. The molecule has 0 aliphatic rings. The topological polar surface area (TPSA) is 92.6 Å². The minimum Gasteiger partial charge on any atom is -0.497 e. The summed E-state index contributed by atoms with van der Waals surface area (Å²) in [5, 5.41) is 14.8. The highest BCUT2D eigenvalue weighted by Crippen LogP contribution is 2.29. The van der Waals surface area contributed by atoms with Gasteiger partial charge in [0.1, 0.15) is 23.1 Å². The summed E-state index contributed by atoms with van der Waals surface area (Å²) in [5.41, 5.74) is 0.605. The zero-order valence-electron chi connectivity index (χ0n) is 15.6. The molecule has 1 amide bonds. The molecule has 1 aromatic rings. The highest BCUT2D eigenvalue weighted by molar-refractivity contribution is 5.97. The molecule has 0 unspecified atom stereocenters. The molecule has 2 N–H and O–H groups in total. The lowest BCUT2D eigenvalue weighted by molar-refractivity contribution is -0.117. The van der Waals surface area contributed by atoms with E-state index >= 15 is 0 Å². The van der Waals surface area contributed by atoms with Crippen LogP contribution in [0.15, 0.2) is 30.0 Å². The SMILES string of the molecule is CCCCOCCCNC(=O)/C(C#N)=C\Nc1ccc(OC)cc1OC. The molecule has 0 radical (unpaired) electrons. The van der Waals surface area contributed by atoms with Gasteiger partial charge in [0.25, 0.3) is 5.91 Å². The van der Waals surface area contributed by atoms with E-state index in [1.807, 2.05) is 6.07 Å². The Hall–Kier alpha value is -2.72. The van der Waals surface area contributed by atoms with Crippen molar-refractivity contribution in [1.29, 1.82) is 5.26 Å². The maximum atomic E-state index is 12.1. The maximum Gasteiger partial charge on any atom is 0.263 e. The number of nitriles is 1. The summed E-state index contributed by atoms with van der Waals surface area (Å²) in [7, 11) is 3.10. The summed E-state index contributed by atoms with van der Waals surface area (Å²) in [4.78, 5) is 12.1. The molecule has 0 saturated carbocycles. The summed E-state index contributed by atoms with van der Waals surface area (Å²) in [6.07, 6.45) is 4.19. The van der Waals surface area contributed by atoms with Crippen LogP contribution < -0.4 is 20.1 Å². The van der Waals surface area contributed by atoms with Crippen molar-refractivity contribution in [3.63, 3.8) is 0 Å². The van der Waals surface area contributed by atoms with Crippen molar-refractivity contribution >= 4 is 11.6 Å². The van der Waals surface area contributed by atoms with Crippen LogP contribution >= 0.6 is 0 Å². The predicted molar refractivity (Wildman–Crippen MR) is 100 cm³/mol. The van der Waals surface area contributed by atoms with Gasteiger partial charge in [0, 0.05) is 32.0 Å². The molecule has 0 aliphatic heterocycles. The van der Waals surface area contributed by atoms with Crippen molar-refractivity contribution in [2.45, 2.75) is 26.2 Å². The fraction of sp³-hybridized carbons (Fsp3) is 0.474. The predicted octanol–water partition coefficient (Wildman–Crippen LogP) is 2.85. The van der Waals surface area contributed by atoms with Crippen LogP contribution in [-0.4, -0.2) is 39.9 Å². The van der Waals surface area contributed by atoms with Crippen molar-refractivity contribution in [3.05, 3.63) is 30.0 Å². The van der Waals surface area contributed by atoms with Gasteiger partial charge < -0.3 is 24.8 Å². The van der Waals surface area contributed by atoms with Gasteiger partial charge in [-0.25, -0.2) is 0 Å². The molecule has 0 aromatic heterocycles. The quantitative estimate of drug-likeness (QED) is 0.338. The number of anilines is 1. The van der Waals surface area contributed by atoms with E-state index in [-0.39, 0.29) is 5.57 Å². The van der Waals surface area contributed by atoms with Crippen LogP contribution in [0.5, 0.6) is 11.5 Å². The summed E-state index contributed by atoms with van der Waals surface area (Å²) in [6, 6.07) is 7.10. The zero-order valence-corrected chi connectivity index (χ0v) is 15.6. The monoisotopic (exact) mass is 361 g/mol. The molecule has 142 valence electrons. The van der Waals surface area contributed by atoms with Gasteiger partial charge in [-0.3, -0.25) is 4.79 Å². The summed E-state index contributed by atoms with van der Waals surface area (Å²) in [6.45, 7) is 3.89. The van der Waals surface area contributed by atoms with Gasteiger partial charge >= 0.3 is 0 Å². The molecular formula is C19H27N3O4. The van der Waals surface area contributed by atoms with Gasteiger partial charge in [-0.05, 0) is 25.0 Å². The van der Waals surface area contributed by atoms with Crippen LogP contribution in [0.25, 0.3) is 0 Å². The highest BCUT2D eigenvalue weighted by Gasteiger charge is 2.09. The Kier molecular flexibility index (Phi) is 10.3. The van der Waals surface area contributed by atoms with Crippen LogP contribution in [0.2, 0.25) is 0 Å². The number of carbonyl (C=O) groups excluding carboxylic acids is 1. The first-order chi connectivity index (χ1) is 12.7. The van der Waals surface area contributed by atoms with Crippen LogP contribution in [0.1, 0.15) is 26.2 Å². The van der Waals surface area contributed by atoms with Crippen molar-refractivity contribution in [3.8, 4) is 17.6 Å². The summed E-state index contributed by atoms with van der Waals surface area (Å²) in [5.74, 6) is 0.763. The van der Waals surface area contributed by atoms with Gasteiger partial charge in [0.05, 0.1) is 19.9 Å². The molecular weight excluding hydrogens is 334 g/mol. The molecule has 7 nitrogen and oxygen atoms in total. The Bertz CT molecular complexity index is 638. The zero-order chi connectivity index (χ0) is 19.2. The van der Waals surface area contributed by atoms with E-state index < -0.39 is 5.91 Å². The molecule has 0 spiro atoms. The van der Waals surface area contributed by atoms with Crippen LogP contribution in [0.4, 0.5) is 5.69 Å². The molecule has 0 atom stereocenters. The van der Waals surface area contributed by atoms with Gasteiger partial charge in [0.15, 0.2) is 0 Å². The van der Waals surface area contributed by atoms with Crippen LogP contribution in [-0.2, 0) is 9.53 Å². The van der Waals surface area contributed by atoms with Crippen molar-refractivity contribution in [1.82, 2.24) is 5.32 Å². The lowest BCUT2D eigenvalue weighted by Gasteiger charge is -2.10. The molecule has 0 bridgehead atoms. The third-order valence-corrected chi connectivity index (χ3v) is 3.54. The number of hydrogen-bond donors (Lipinski definition) is 2. The van der Waals surface area contributed by atoms with Crippen LogP contribution in [0.3, 0.4) is 0 Å². The van der Waals surface area contributed by atoms with E-state index in [4.69, 9.17) is 14.2 Å². The number of benzene rings is 1. The number of amides is 1. The van der Waals surface area contributed by atoms with E-state index in [2.05, 4.69) is 17.6 Å². The molecule has 1 aromatic carbocycles. The number of ether oxygens (including phenoxy) is 3. The molecule has 0 heterocycles. The minimum absolute atomic E-state index is 0.0187. The van der Waals surface area contributed by atoms with Crippen molar-refractivity contribution in [2.75, 3.05) is 39.3 Å². The minimum atomic E-state index is -0.430. The van der Waals surface area contributed by atoms with E-state index in [0.29, 0.717) is 36.8 Å². The lowest BCUT2D eigenvalue weighted by Crippen LogP contribution is -2.26. The van der Waals surface area contributed by atoms with Gasteiger partial charge in [-0.2, -0.15) is 5.26 Å². The first-order valence-corrected chi connectivity index (χ1v) is 8.61. The summed E-state index contributed by atoms with van der Waals surface area (Å²) >= 11 is 0. The Balaban J connectivity index is 2.52. The number of methoxy groups -OCH3 is 2. The number of nitrogens with zero attached hydrogens (tertiary/aromatic N) is 1. The first kappa shape index (κ1) is 21.3. The van der Waals surface area contributed by atoms with Gasteiger partial charge in [-0.15, -0.1) is 0 Å². The third-order valence-electron chi connectivity index (χ3n) is 3.54. The second kappa shape index (κ2) is 12.6. The van der Waals surface area contributed by atoms with Gasteiger partial charge in [-0.1, -0.05) is 13.3 Å². The number of nitrogens with one attached hydrogen (secondary N) is 2. The Labute approximate surface area is 154 Å². The van der Waals surface area contributed by atoms with E-state index in [1.54, 1.807) is 25.3 Å². The van der Waals surface area contributed by atoms with Crippen molar-refractivity contribution < 1.29 is 19.0 Å². The van der Waals surface area contributed by atoms with Gasteiger partial charge in [0.2, 0.25) is 0 Å². The number of hydrogen-bond acceptors (Lipinski definition) is 6. The Morgan fingerprint density at radius 1 is 1.23 bits per heavy atom. The fourth-order valence-electron chi connectivity index (χ4n) is 2.04. The lowest BCUT2D eigenvalue weighted by atomic mass is 10.2. The normalized spacial score (nSPS) is 10.8. The van der Waals surface area contributed by atoms with E-state index in [0.717, 1.165) is 19.4 Å². The maximum absolute atomic E-state index is 12.1. The molecule has 26 heavy (non-hydrogen) atoms.